The number of thioether (sulfide) groups is 1. The highest BCUT2D eigenvalue weighted by molar-refractivity contribution is 8.19. The molecule has 0 bridgehead atoms. The number of nitrogens with two attached hydrogens (primary N) is 1. The second-order valence-electron chi connectivity index (χ2n) is 7.63. The number of hydrogen-bond acceptors (Lipinski definition) is 13. The van der Waals surface area contributed by atoms with Crippen LogP contribution in [0.1, 0.15) is 27.1 Å². The molecule has 0 aliphatic carbocycles. The van der Waals surface area contributed by atoms with Gasteiger partial charge in [-0.2, -0.15) is 11.8 Å². The van der Waals surface area contributed by atoms with Gasteiger partial charge in [0, 0.05) is 11.1 Å². The van der Waals surface area contributed by atoms with E-state index in [4.69, 9.17) is 39.3 Å². The maximum absolute atomic E-state index is 12.8. The van der Waals surface area contributed by atoms with Crippen LogP contribution >= 0.6 is 11.8 Å². The predicted molar refractivity (Wildman–Crippen MR) is 148 cm³/mol. The Labute approximate surface area is 236 Å². The van der Waals surface area contributed by atoms with E-state index in [1.807, 2.05) is 6.26 Å². The maximum Gasteiger partial charge on any atom is 0.320 e. The first-order chi connectivity index (χ1) is 18.9. The third-order valence-electron chi connectivity index (χ3n) is 5.24. The fourth-order valence-corrected chi connectivity index (χ4v) is 4.67. The molecule has 0 radical (unpaired) electrons. The second-order valence-corrected chi connectivity index (χ2v) is 10.4. The number of benzene rings is 2. The minimum Gasteiger partial charge on any atom is -0.493 e. The van der Waals surface area contributed by atoms with Gasteiger partial charge in [0.1, 0.15) is 6.04 Å². The number of methoxy groups -OCH3 is 6. The van der Waals surface area contributed by atoms with Crippen molar-refractivity contribution in [2.75, 3.05) is 54.7 Å². The zero-order chi connectivity index (χ0) is 30.6. The maximum atomic E-state index is 12.8. The monoisotopic (exact) mass is 603 g/mol. The summed E-state index contributed by atoms with van der Waals surface area (Å²) in [6, 6.07) is 3.89. The fourth-order valence-electron chi connectivity index (χ4n) is 3.16. The SMILES string of the molecule is COc1cc(C(=O)S(=O)(=O)C(=O)c2cc(OC)c(OC)c(OC)c2)cc(OC)c1OC.CSCC[C@H](N)C(=O)O. The summed E-state index contributed by atoms with van der Waals surface area (Å²) in [6.07, 6.45) is 2.48. The third-order valence-corrected chi connectivity index (χ3v) is 7.33. The molecule has 0 saturated heterocycles. The van der Waals surface area contributed by atoms with Gasteiger partial charge in [-0.15, -0.1) is 0 Å². The van der Waals surface area contributed by atoms with E-state index >= 15 is 0 Å². The zero-order valence-corrected chi connectivity index (χ0v) is 24.8. The van der Waals surface area contributed by atoms with Gasteiger partial charge in [0.15, 0.2) is 23.0 Å². The van der Waals surface area contributed by atoms with Gasteiger partial charge in [0.05, 0.1) is 42.7 Å². The summed E-state index contributed by atoms with van der Waals surface area (Å²) in [6.45, 7) is 0. The predicted octanol–water partition coefficient (Wildman–Crippen LogP) is 2.28. The van der Waals surface area contributed by atoms with Crippen molar-refractivity contribution in [3.63, 3.8) is 0 Å². The molecule has 40 heavy (non-hydrogen) atoms. The molecule has 0 amide bonds. The van der Waals surface area contributed by atoms with Crippen LogP contribution in [-0.2, 0) is 14.6 Å². The number of carbonyl (C=O) groups excluding carboxylic acids is 2. The topological polar surface area (TPSA) is 187 Å². The smallest absolute Gasteiger partial charge is 0.320 e. The molecular weight excluding hydrogens is 570 g/mol. The molecule has 0 heterocycles. The van der Waals surface area contributed by atoms with Gasteiger partial charge < -0.3 is 39.3 Å². The van der Waals surface area contributed by atoms with Crippen LogP contribution in [0.3, 0.4) is 0 Å². The summed E-state index contributed by atoms with van der Waals surface area (Å²) in [5, 5.41) is 5.40. The largest absolute Gasteiger partial charge is 0.493 e. The molecule has 222 valence electrons. The van der Waals surface area contributed by atoms with E-state index < -0.39 is 32.1 Å². The van der Waals surface area contributed by atoms with E-state index in [0.717, 1.165) is 30.0 Å². The molecule has 0 saturated carbocycles. The molecule has 15 heteroatoms. The third kappa shape index (κ3) is 8.16. The average Bonchev–Trinajstić information content (AvgIpc) is 2.97. The Morgan fingerprint density at radius 3 is 1.30 bits per heavy atom. The summed E-state index contributed by atoms with van der Waals surface area (Å²) in [5.74, 6) is 0.449. The number of sulfone groups is 1. The number of ether oxygens (including phenoxy) is 6. The standard InChI is InChI=1S/C20H22O10S.C5H11NO2S/c1-25-13-7-11(8-14(26-2)17(13)29-5)19(21)31(23,24)20(22)12-9-15(27-3)18(30-6)16(10-12)28-4;1-9-3-2-4(6)5(7)8/h7-10H,1-6H3;4H,2-3,6H2,1H3,(H,7,8)/t;4-/m.0/s1. The van der Waals surface area contributed by atoms with Crippen molar-refractivity contribution in [1.29, 1.82) is 0 Å². The number of carboxylic acid groups (broad SMARTS) is 1. The number of carbonyl (C=O) groups is 3. The number of hydrogen-bond donors (Lipinski definition) is 2. The summed E-state index contributed by atoms with van der Waals surface area (Å²) in [4.78, 5) is 35.7. The van der Waals surface area contributed by atoms with E-state index in [0.29, 0.717) is 6.42 Å². The lowest BCUT2D eigenvalue weighted by atomic mass is 10.2. The fraction of sp³-hybridized carbons (Fsp3) is 0.400. The molecule has 2 rings (SSSR count). The van der Waals surface area contributed by atoms with Crippen molar-refractivity contribution in [3.8, 4) is 34.5 Å². The van der Waals surface area contributed by atoms with Gasteiger partial charge in [0.25, 0.3) is 20.1 Å². The number of carboxylic acids is 1. The molecule has 2 aromatic carbocycles. The highest BCUT2D eigenvalue weighted by Gasteiger charge is 2.36. The molecule has 3 N–H and O–H groups in total. The van der Waals surface area contributed by atoms with Crippen LogP contribution in [0.25, 0.3) is 0 Å². The van der Waals surface area contributed by atoms with Crippen molar-refractivity contribution in [2.24, 2.45) is 5.73 Å². The van der Waals surface area contributed by atoms with Crippen molar-refractivity contribution in [2.45, 2.75) is 12.5 Å². The zero-order valence-electron chi connectivity index (χ0n) is 23.1. The number of rotatable bonds is 12. The lowest BCUT2D eigenvalue weighted by Gasteiger charge is -2.14. The van der Waals surface area contributed by atoms with Crippen LogP contribution in [0, 0.1) is 0 Å². The molecule has 13 nitrogen and oxygen atoms in total. The van der Waals surface area contributed by atoms with Crippen LogP contribution in [0.4, 0.5) is 0 Å². The van der Waals surface area contributed by atoms with E-state index in [1.54, 1.807) is 11.8 Å². The van der Waals surface area contributed by atoms with Crippen molar-refractivity contribution >= 4 is 37.8 Å². The molecule has 2 aromatic rings. The van der Waals surface area contributed by atoms with Gasteiger partial charge in [-0.3, -0.25) is 14.4 Å². The Morgan fingerprint density at radius 1 is 0.750 bits per heavy atom. The summed E-state index contributed by atoms with van der Waals surface area (Å²) >= 11 is 1.60. The second kappa shape index (κ2) is 15.8. The molecule has 1 atom stereocenters. The van der Waals surface area contributed by atoms with Crippen LogP contribution < -0.4 is 34.2 Å². The number of aliphatic carboxylic acids is 1. The van der Waals surface area contributed by atoms with Crippen LogP contribution in [0.15, 0.2) is 24.3 Å². The van der Waals surface area contributed by atoms with Gasteiger partial charge in [-0.05, 0) is 42.7 Å². The lowest BCUT2D eigenvalue weighted by molar-refractivity contribution is -0.138. The van der Waals surface area contributed by atoms with Crippen LogP contribution in [-0.4, -0.2) is 90.4 Å². The van der Waals surface area contributed by atoms with Crippen LogP contribution in [0.2, 0.25) is 0 Å². The molecule has 0 aliphatic rings. The highest BCUT2D eigenvalue weighted by Crippen LogP contribution is 2.40. The first-order valence-corrected chi connectivity index (χ1v) is 14.2. The van der Waals surface area contributed by atoms with Crippen LogP contribution in [0.5, 0.6) is 34.5 Å². The van der Waals surface area contributed by atoms with E-state index in [1.165, 1.54) is 42.7 Å². The van der Waals surface area contributed by atoms with Gasteiger partial charge in [0.2, 0.25) is 11.5 Å². The highest BCUT2D eigenvalue weighted by atomic mass is 32.2. The summed E-state index contributed by atoms with van der Waals surface area (Å²) in [5.41, 5.74) is 4.51. The summed E-state index contributed by atoms with van der Waals surface area (Å²) < 4.78 is 56.4. The van der Waals surface area contributed by atoms with E-state index in [2.05, 4.69) is 0 Å². The minimum atomic E-state index is -4.97. The van der Waals surface area contributed by atoms with Crippen molar-refractivity contribution in [3.05, 3.63) is 35.4 Å². The quantitative estimate of drug-likeness (QED) is 0.360. The molecule has 0 spiro atoms. The molecule has 0 aliphatic heterocycles. The normalized spacial score (nSPS) is 11.3. The van der Waals surface area contributed by atoms with E-state index in [-0.39, 0.29) is 45.6 Å². The first-order valence-electron chi connectivity index (χ1n) is 11.3. The minimum absolute atomic E-state index is 0.0561. The van der Waals surface area contributed by atoms with Gasteiger partial charge in [-0.1, -0.05) is 0 Å². The first kappa shape index (κ1) is 34.3. The Kier molecular flexibility index (Phi) is 13.6. The van der Waals surface area contributed by atoms with Crippen molar-refractivity contribution in [1.82, 2.24) is 0 Å². The molecule has 0 unspecified atom stereocenters. The van der Waals surface area contributed by atoms with Gasteiger partial charge >= 0.3 is 5.97 Å². The Morgan fingerprint density at radius 2 is 1.07 bits per heavy atom. The Bertz CT molecular complexity index is 1180. The van der Waals surface area contributed by atoms with Gasteiger partial charge in [-0.25, -0.2) is 8.42 Å². The Hall–Kier alpha value is -3.69. The summed E-state index contributed by atoms with van der Waals surface area (Å²) in [7, 11) is 2.97. The molecule has 0 aromatic heterocycles. The Balaban J connectivity index is 0.000000763. The lowest BCUT2D eigenvalue weighted by Crippen LogP contribution is -2.30. The van der Waals surface area contributed by atoms with Crippen molar-refractivity contribution < 1.29 is 56.3 Å². The molecule has 0 fully saturated rings. The molecular formula is C25H33NO12S2. The average molecular weight is 604 g/mol. The van der Waals surface area contributed by atoms with E-state index in [9.17, 15) is 22.8 Å².